The molecule has 6 heteroatoms. The average Bonchev–Trinajstić information content (AvgIpc) is 3.26. The van der Waals surface area contributed by atoms with Crippen molar-refractivity contribution >= 4 is 34.8 Å². The Morgan fingerprint density at radius 1 is 1.09 bits per heavy atom. The number of aryl methyl sites for hydroxylation is 1. The normalized spacial score (nSPS) is 15.5. The van der Waals surface area contributed by atoms with Crippen LogP contribution in [0, 0.1) is 6.92 Å². The fourth-order valence-electron chi connectivity index (χ4n) is 4.18. The van der Waals surface area contributed by atoms with Gasteiger partial charge in [0.2, 0.25) is 5.91 Å². The molecule has 4 nitrogen and oxygen atoms in total. The number of halogens is 1. The van der Waals surface area contributed by atoms with Crippen LogP contribution in [0.5, 0.6) is 0 Å². The second-order valence-electron chi connectivity index (χ2n) is 8.48. The van der Waals surface area contributed by atoms with Crippen LogP contribution in [-0.2, 0) is 11.2 Å². The van der Waals surface area contributed by atoms with Gasteiger partial charge in [-0.15, -0.1) is 11.3 Å². The van der Waals surface area contributed by atoms with Gasteiger partial charge in [0.1, 0.15) is 6.54 Å². The Bertz CT molecular complexity index is 1110. The van der Waals surface area contributed by atoms with Crippen LogP contribution in [0.15, 0.2) is 60.0 Å². The molecule has 1 aromatic heterocycles. The Balaban J connectivity index is 1.61. The first kappa shape index (κ1) is 22.6. The summed E-state index contributed by atoms with van der Waals surface area (Å²) in [6.45, 7) is 6.62. The van der Waals surface area contributed by atoms with E-state index in [9.17, 15) is 9.59 Å². The molecule has 0 N–H and O–H groups in total. The third-order valence-corrected chi connectivity index (χ3v) is 7.21. The maximum Gasteiger partial charge on any atom is 0.254 e. The first-order chi connectivity index (χ1) is 15.3. The number of nitrogens with zero attached hydrogens (tertiary/aromatic N) is 2. The van der Waals surface area contributed by atoms with E-state index in [1.54, 1.807) is 40.5 Å². The first-order valence-corrected chi connectivity index (χ1v) is 12.1. The lowest BCUT2D eigenvalue weighted by Crippen LogP contribution is -2.48. The molecule has 3 aromatic rings. The molecule has 0 aliphatic carbocycles. The molecule has 32 heavy (non-hydrogen) atoms. The molecule has 2 heterocycles. The number of rotatable bonds is 5. The van der Waals surface area contributed by atoms with Crippen molar-refractivity contribution in [3.63, 3.8) is 0 Å². The van der Waals surface area contributed by atoms with Crippen LogP contribution in [-0.4, -0.2) is 40.7 Å². The number of fused-ring (bicyclic) bond motifs is 1. The van der Waals surface area contributed by atoms with Crippen molar-refractivity contribution in [3.05, 3.63) is 92.1 Å². The summed E-state index contributed by atoms with van der Waals surface area (Å²) >= 11 is 7.72. The van der Waals surface area contributed by atoms with Crippen LogP contribution >= 0.6 is 22.9 Å². The minimum Gasteiger partial charge on any atom is -0.330 e. The first-order valence-electron chi connectivity index (χ1n) is 10.8. The Kier molecular flexibility index (Phi) is 6.68. The molecular weight excluding hydrogens is 440 g/mol. The molecule has 0 fully saturated rings. The van der Waals surface area contributed by atoms with Gasteiger partial charge >= 0.3 is 0 Å². The van der Waals surface area contributed by atoms with Crippen LogP contribution in [0.2, 0.25) is 5.02 Å². The molecule has 1 unspecified atom stereocenters. The molecule has 0 saturated carbocycles. The van der Waals surface area contributed by atoms with E-state index in [0.29, 0.717) is 17.1 Å². The fraction of sp³-hybridized carbons (Fsp3) is 0.308. The molecule has 0 saturated heterocycles. The highest BCUT2D eigenvalue weighted by Crippen LogP contribution is 2.38. The van der Waals surface area contributed by atoms with Crippen LogP contribution in [0.1, 0.15) is 51.8 Å². The summed E-state index contributed by atoms with van der Waals surface area (Å²) in [6, 6.07) is 17.1. The van der Waals surface area contributed by atoms with Gasteiger partial charge in [0, 0.05) is 28.0 Å². The maximum absolute atomic E-state index is 13.6. The highest BCUT2D eigenvalue weighted by molar-refractivity contribution is 7.10. The summed E-state index contributed by atoms with van der Waals surface area (Å²) in [7, 11) is 0. The van der Waals surface area contributed by atoms with Crippen LogP contribution in [0.25, 0.3) is 0 Å². The van der Waals surface area contributed by atoms with Gasteiger partial charge in [-0.25, -0.2) is 0 Å². The van der Waals surface area contributed by atoms with Crippen LogP contribution < -0.4 is 0 Å². The third-order valence-electron chi connectivity index (χ3n) is 5.96. The standard InChI is InChI=1S/C26H27ClN2O2S/c1-17(2)29(26(31)20-8-10-21(27)11-9-20)16-24(30)28-14-12-23-22(13-15-32-23)25(28)19-6-4-18(3)5-7-19/h4-11,13,15,17,25H,12,14,16H2,1-3H3. The molecule has 2 amide bonds. The molecule has 1 atom stereocenters. The van der Waals surface area contributed by atoms with Crippen molar-refractivity contribution in [2.45, 2.75) is 39.3 Å². The van der Waals surface area contributed by atoms with Gasteiger partial charge in [-0.2, -0.15) is 0 Å². The Morgan fingerprint density at radius 3 is 2.44 bits per heavy atom. The van der Waals surface area contributed by atoms with E-state index in [1.165, 1.54) is 16.0 Å². The van der Waals surface area contributed by atoms with Crippen molar-refractivity contribution in [1.29, 1.82) is 0 Å². The SMILES string of the molecule is Cc1ccc(C2c3ccsc3CCN2C(=O)CN(C(=O)c2ccc(Cl)cc2)C(C)C)cc1. The van der Waals surface area contributed by atoms with Gasteiger partial charge < -0.3 is 9.80 Å². The van der Waals surface area contributed by atoms with Gasteiger partial charge in [-0.3, -0.25) is 9.59 Å². The van der Waals surface area contributed by atoms with Gasteiger partial charge in [0.15, 0.2) is 0 Å². The lowest BCUT2D eigenvalue weighted by Gasteiger charge is -2.38. The van der Waals surface area contributed by atoms with Crippen molar-refractivity contribution < 1.29 is 9.59 Å². The molecular formula is C26H27ClN2O2S. The molecule has 0 bridgehead atoms. The number of thiophene rings is 1. The predicted molar refractivity (Wildman–Crippen MR) is 130 cm³/mol. The number of amides is 2. The second-order valence-corrected chi connectivity index (χ2v) is 9.92. The minimum absolute atomic E-state index is 0.0385. The van der Waals surface area contributed by atoms with E-state index in [4.69, 9.17) is 11.6 Å². The molecule has 1 aliphatic heterocycles. The highest BCUT2D eigenvalue weighted by Gasteiger charge is 2.34. The Hall–Kier alpha value is -2.63. The summed E-state index contributed by atoms with van der Waals surface area (Å²) in [5, 5.41) is 2.68. The summed E-state index contributed by atoms with van der Waals surface area (Å²) in [6.07, 6.45) is 0.841. The molecule has 0 spiro atoms. The zero-order valence-electron chi connectivity index (χ0n) is 18.5. The van der Waals surface area contributed by atoms with Crippen molar-refractivity contribution in [2.24, 2.45) is 0 Å². The Labute approximate surface area is 198 Å². The van der Waals surface area contributed by atoms with E-state index >= 15 is 0 Å². The van der Waals surface area contributed by atoms with Gasteiger partial charge in [0.05, 0.1) is 6.04 Å². The van der Waals surface area contributed by atoms with Gasteiger partial charge in [-0.1, -0.05) is 41.4 Å². The number of carbonyl (C=O) groups is 2. The smallest absolute Gasteiger partial charge is 0.254 e. The van der Waals surface area contributed by atoms with Crippen molar-refractivity contribution in [2.75, 3.05) is 13.1 Å². The largest absolute Gasteiger partial charge is 0.330 e. The number of hydrogen-bond acceptors (Lipinski definition) is 3. The van der Waals surface area contributed by atoms with E-state index in [0.717, 1.165) is 12.0 Å². The van der Waals surface area contributed by atoms with Crippen LogP contribution in [0.3, 0.4) is 0 Å². The molecule has 4 rings (SSSR count). The minimum atomic E-state index is -0.162. The quantitative estimate of drug-likeness (QED) is 0.481. The fourth-order valence-corrected chi connectivity index (χ4v) is 5.21. The Morgan fingerprint density at radius 2 is 1.78 bits per heavy atom. The maximum atomic E-state index is 13.6. The van der Waals surface area contributed by atoms with Crippen molar-refractivity contribution in [3.8, 4) is 0 Å². The molecule has 2 aromatic carbocycles. The summed E-state index contributed by atoms with van der Waals surface area (Å²) in [4.78, 5) is 31.7. The van der Waals surface area contributed by atoms with Gasteiger partial charge in [-0.05, 0) is 74.0 Å². The monoisotopic (exact) mass is 466 g/mol. The summed E-state index contributed by atoms with van der Waals surface area (Å²) in [5.74, 6) is -0.200. The third kappa shape index (κ3) is 4.59. The van der Waals surface area contributed by atoms with Crippen LogP contribution in [0.4, 0.5) is 0 Å². The van der Waals surface area contributed by atoms with E-state index in [2.05, 4.69) is 42.6 Å². The lowest BCUT2D eigenvalue weighted by atomic mass is 9.92. The van der Waals surface area contributed by atoms with E-state index in [-0.39, 0.29) is 30.4 Å². The zero-order chi connectivity index (χ0) is 22.8. The topological polar surface area (TPSA) is 40.6 Å². The van der Waals surface area contributed by atoms with Crippen molar-refractivity contribution in [1.82, 2.24) is 9.80 Å². The molecule has 0 radical (unpaired) electrons. The summed E-state index contributed by atoms with van der Waals surface area (Å²) < 4.78 is 0. The molecule has 1 aliphatic rings. The number of carbonyl (C=O) groups excluding carboxylic acids is 2. The second kappa shape index (κ2) is 9.47. The molecule has 166 valence electrons. The summed E-state index contributed by atoms with van der Waals surface area (Å²) in [5.41, 5.74) is 4.01. The predicted octanol–water partition coefficient (Wildman–Crippen LogP) is 5.73. The van der Waals surface area contributed by atoms with Gasteiger partial charge in [0.25, 0.3) is 5.91 Å². The van der Waals surface area contributed by atoms with E-state index < -0.39 is 0 Å². The zero-order valence-corrected chi connectivity index (χ0v) is 20.1. The van der Waals surface area contributed by atoms with E-state index in [1.807, 2.05) is 18.7 Å². The average molecular weight is 467 g/mol. The lowest BCUT2D eigenvalue weighted by molar-refractivity contribution is -0.134. The number of hydrogen-bond donors (Lipinski definition) is 0. The highest BCUT2D eigenvalue weighted by atomic mass is 35.5. The number of benzene rings is 2.